The van der Waals surface area contributed by atoms with E-state index in [0.717, 1.165) is 9.13 Å². The molecule has 2 aromatic rings. The van der Waals surface area contributed by atoms with Crippen molar-refractivity contribution in [1.82, 2.24) is 5.43 Å². The van der Waals surface area contributed by atoms with Crippen molar-refractivity contribution >= 4 is 58.2 Å². The van der Waals surface area contributed by atoms with Crippen molar-refractivity contribution in [2.45, 2.75) is 4.58 Å². The fraction of sp³-hybridized carbons (Fsp3) is 0.222. The highest BCUT2D eigenvalue weighted by Crippen LogP contribution is 2.45. The van der Waals surface area contributed by atoms with E-state index in [1.54, 1.807) is 6.21 Å². The van der Waals surface area contributed by atoms with Gasteiger partial charge in [0.1, 0.15) is 5.75 Å². The molecule has 0 bridgehead atoms. The summed E-state index contributed by atoms with van der Waals surface area (Å²) in [6, 6.07) is 15.8. The molecule has 2 aromatic carbocycles. The predicted molar refractivity (Wildman–Crippen MR) is 114 cm³/mol. The summed E-state index contributed by atoms with van der Waals surface area (Å²) in [5.41, 5.74) is 4.70. The van der Waals surface area contributed by atoms with Crippen LogP contribution in [0.3, 0.4) is 0 Å². The number of hydrogen-bond donors (Lipinski definition) is 1. The Morgan fingerprint density at radius 2 is 1.84 bits per heavy atom. The van der Waals surface area contributed by atoms with Gasteiger partial charge >= 0.3 is 0 Å². The van der Waals surface area contributed by atoms with Gasteiger partial charge in [0.25, 0.3) is 5.91 Å². The summed E-state index contributed by atoms with van der Waals surface area (Å²) < 4.78 is 7.18. The number of nitrogens with one attached hydrogen (secondary N) is 1. The van der Waals surface area contributed by atoms with Crippen LogP contribution < -0.4 is 10.2 Å². The van der Waals surface area contributed by atoms with Crippen LogP contribution >= 0.6 is 46.1 Å². The number of rotatable bonds is 6. The number of amides is 1. The summed E-state index contributed by atoms with van der Waals surface area (Å²) in [5, 5.41) is 3.94. The Balaban J connectivity index is 1.43. The van der Waals surface area contributed by atoms with Crippen LogP contribution in [0.4, 0.5) is 0 Å². The third-order valence-corrected chi connectivity index (χ3v) is 7.24. The van der Waals surface area contributed by atoms with Crippen LogP contribution in [0.2, 0.25) is 0 Å². The molecule has 1 amide bonds. The number of benzene rings is 2. The molecule has 7 heteroatoms. The molecular weight excluding hydrogens is 467 g/mol. The third kappa shape index (κ3) is 5.93. The Kier molecular flexibility index (Phi) is 7.06. The van der Waals surface area contributed by atoms with Gasteiger partial charge in [0.2, 0.25) is 0 Å². The Morgan fingerprint density at radius 3 is 2.52 bits per heavy atom. The highest BCUT2D eigenvalue weighted by Gasteiger charge is 2.17. The van der Waals surface area contributed by atoms with Gasteiger partial charge in [-0.25, -0.2) is 5.43 Å². The first-order valence-corrected chi connectivity index (χ1v) is 10.9. The number of ether oxygens (including phenoxy) is 1. The molecule has 1 aliphatic rings. The summed E-state index contributed by atoms with van der Waals surface area (Å²) >= 11 is 6.18. The molecule has 0 radical (unpaired) electrons. The van der Waals surface area contributed by atoms with Gasteiger partial charge in [0, 0.05) is 15.1 Å². The second-order valence-electron chi connectivity index (χ2n) is 5.28. The lowest BCUT2D eigenvalue weighted by molar-refractivity contribution is -0.123. The van der Waals surface area contributed by atoms with Crippen LogP contribution in [0.25, 0.3) is 0 Å². The zero-order valence-corrected chi connectivity index (χ0v) is 17.1. The fourth-order valence-corrected chi connectivity index (χ4v) is 5.40. The van der Waals surface area contributed by atoms with Gasteiger partial charge in [-0.05, 0) is 58.0 Å². The molecule has 1 fully saturated rings. The molecule has 1 saturated heterocycles. The highest BCUT2D eigenvalue weighted by molar-refractivity contribution is 14.1. The predicted octanol–water partition coefficient (Wildman–Crippen LogP) is 4.30. The standard InChI is InChI=1S/C18H17IN2O2S2/c19-15-5-1-13(2-6-15)11-20-21-17(22)12-23-16-7-3-14(4-8-16)18-24-9-10-25-18/h1-8,11,18H,9-10,12H2,(H,21,22)/b20-11-. The van der Waals surface area contributed by atoms with E-state index in [1.807, 2.05) is 59.9 Å². The van der Waals surface area contributed by atoms with E-state index in [2.05, 4.69) is 45.3 Å². The van der Waals surface area contributed by atoms with Crippen molar-refractivity contribution < 1.29 is 9.53 Å². The number of hydrazone groups is 1. The van der Waals surface area contributed by atoms with Gasteiger partial charge in [-0.3, -0.25) is 4.79 Å². The van der Waals surface area contributed by atoms with Crippen molar-refractivity contribution in [3.8, 4) is 5.75 Å². The lowest BCUT2D eigenvalue weighted by Gasteiger charge is -2.10. The maximum absolute atomic E-state index is 11.8. The average molecular weight is 484 g/mol. The number of carbonyl (C=O) groups is 1. The lowest BCUT2D eigenvalue weighted by atomic mass is 10.2. The van der Waals surface area contributed by atoms with Crippen molar-refractivity contribution in [2.24, 2.45) is 5.10 Å². The van der Waals surface area contributed by atoms with Crippen molar-refractivity contribution in [3.63, 3.8) is 0 Å². The van der Waals surface area contributed by atoms with Crippen molar-refractivity contribution in [1.29, 1.82) is 0 Å². The molecule has 0 unspecified atom stereocenters. The van der Waals surface area contributed by atoms with Crippen LogP contribution in [0.15, 0.2) is 53.6 Å². The van der Waals surface area contributed by atoms with E-state index in [4.69, 9.17) is 4.74 Å². The van der Waals surface area contributed by atoms with E-state index < -0.39 is 0 Å². The Labute approximate surface area is 169 Å². The molecule has 0 aliphatic carbocycles. The molecular formula is C18H17IN2O2S2. The Bertz CT molecular complexity index is 730. The van der Waals surface area contributed by atoms with E-state index in [1.165, 1.54) is 17.1 Å². The SMILES string of the molecule is O=C(COc1ccc(C2SCCS2)cc1)N/N=C\c1ccc(I)cc1. The minimum absolute atomic E-state index is 0.0592. The summed E-state index contributed by atoms with van der Waals surface area (Å²) in [7, 11) is 0. The molecule has 3 rings (SSSR count). The lowest BCUT2D eigenvalue weighted by Crippen LogP contribution is -2.24. The first kappa shape index (κ1) is 18.6. The molecule has 0 spiro atoms. The molecule has 1 N–H and O–H groups in total. The summed E-state index contributed by atoms with van der Waals surface area (Å²) in [6.07, 6.45) is 1.61. The smallest absolute Gasteiger partial charge is 0.277 e. The van der Waals surface area contributed by atoms with E-state index in [0.29, 0.717) is 10.3 Å². The normalized spacial score (nSPS) is 14.8. The van der Waals surface area contributed by atoms with Gasteiger partial charge in [-0.15, -0.1) is 23.5 Å². The van der Waals surface area contributed by atoms with Gasteiger partial charge in [0.15, 0.2) is 6.61 Å². The Morgan fingerprint density at radius 1 is 1.16 bits per heavy atom. The number of thioether (sulfide) groups is 2. The zero-order chi connectivity index (χ0) is 17.5. The average Bonchev–Trinajstić information content (AvgIpc) is 3.17. The van der Waals surface area contributed by atoms with Crippen molar-refractivity contribution in [2.75, 3.05) is 18.1 Å². The number of halogens is 1. The second-order valence-corrected chi connectivity index (χ2v) is 9.25. The summed E-state index contributed by atoms with van der Waals surface area (Å²) in [6.45, 7) is -0.0592. The number of hydrogen-bond acceptors (Lipinski definition) is 5. The quantitative estimate of drug-likeness (QED) is 0.378. The molecule has 25 heavy (non-hydrogen) atoms. The van der Waals surface area contributed by atoms with Gasteiger partial charge in [-0.1, -0.05) is 24.3 Å². The zero-order valence-electron chi connectivity index (χ0n) is 13.4. The summed E-state index contributed by atoms with van der Waals surface area (Å²) in [5.74, 6) is 2.81. The highest BCUT2D eigenvalue weighted by atomic mass is 127. The maximum atomic E-state index is 11.8. The monoisotopic (exact) mass is 484 g/mol. The van der Waals surface area contributed by atoms with Crippen LogP contribution in [0, 0.1) is 3.57 Å². The van der Waals surface area contributed by atoms with E-state index in [-0.39, 0.29) is 12.5 Å². The van der Waals surface area contributed by atoms with Gasteiger partial charge < -0.3 is 4.74 Å². The minimum atomic E-state index is -0.284. The molecule has 0 saturated carbocycles. The Hall–Kier alpha value is -1.19. The topological polar surface area (TPSA) is 50.7 Å². The molecule has 130 valence electrons. The molecule has 1 aliphatic heterocycles. The third-order valence-electron chi connectivity index (χ3n) is 3.42. The summed E-state index contributed by atoms with van der Waals surface area (Å²) in [4.78, 5) is 11.8. The largest absolute Gasteiger partial charge is 0.484 e. The first-order valence-electron chi connectivity index (χ1n) is 7.74. The van der Waals surface area contributed by atoms with Crippen LogP contribution in [-0.4, -0.2) is 30.2 Å². The van der Waals surface area contributed by atoms with E-state index >= 15 is 0 Å². The number of carbonyl (C=O) groups excluding carboxylic acids is 1. The van der Waals surface area contributed by atoms with Crippen LogP contribution in [0.5, 0.6) is 5.75 Å². The maximum Gasteiger partial charge on any atom is 0.277 e. The minimum Gasteiger partial charge on any atom is -0.484 e. The molecule has 1 heterocycles. The molecule has 4 nitrogen and oxygen atoms in total. The number of nitrogens with zero attached hydrogens (tertiary/aromatic N) is 1. The first-order chi connectivity index (χ1) is 12.2. The molecule has 0 aromatic heterocycles. The van der Waals surface area contributed by atoms with Crippen LogP contribution in [-0.2, 0) is 4.79 Å². The fourth-order valence-electron chi connectivity index (χ4n) is 2.18. The van der Waals surface area contributed by atoms with Gasteiger partial charge in [0.05, 0.1) is 10.8 Å². The second kappa shape index (κ2) is 9.49. The molecule has 0 atom stereocenters. The van der Waals surface area contributed by atoms with Crippen molar-refractivity contribution in [3.05, 3.63) is 63.2 Å². The van der Waals surface area contributed by atoms with Crippen LogP contribution in [0.1, 0.15) is 15.7 Å². The van der Waals surface area contributed by atoms with E-state index in [9.17, 15) is 4.79 Å². The van der Waals surface area contributed by atoms with Gasteiger partial charge in [-0.2, -0.15) is 5.10 Å².